The van der Waals surface area contributed by atoms with Gasteiger partial charge in [0.1, 0.15) is 5.70 Å². The van der Waals surface area contributed by atoms with Crippen molar-refractivity contribution in [2.24, 2.45) is 0 Å². The zero-order valence-electron chi connectivity index (χ0n) is 13.3. The zero-order chi connectivity index (χ0) is 16.8. The Balaban J connectivity index is 0.00000182. The molecule has 128 valence electrons. The molecule has 0 atom stereocenters. The van der Waals surface area contributed by atoms with Crippen molar-refractivity contribution in [2.75, 3.05) is 12.1 Å². The lowest BCUT2D eigenvalue weighted by atomic mass is 10.1. The first-order valence-corrected chi connectivity index (χ1v) is 7.35. The summed E-state index contributed by atoms with van der Waals surface area (Å²) in [4.78, 5) is 12.2. The number of anilines is 1. The predicted octanol–water partition coefficient (Wildman–Crippen LogP) is 0.314. The monoisotopic (exact) mass is 340 g/mol. The molecule has 2 aromatic carbocycles. The Morgan fingerprint density at radius 2 is 1.80 bits per heavy atom. The molecule has 25 heavy (non-hydrogen) atoms. The Hall–Kier alpha value is -3.52. The third-order valence-corrected chi connectivity index (χ3v) is 4.12. The summed E-state index contributed by atoms with van der Waals surface area (Å²) < 4.78 is 0. The van der Waals surface area contributed by atoms with E-state index in [0.29, 0.717) is 11.4 Å². The minimum Gasteiger partial charge on any atom is -0.492 e. The van der Waals surface area contributed by atoms with E-state index in [1.54, 1.807) is 12.1 Å². The van der Waals surface area contributed by atoms with Crippen molar-refractivity contribution in [1.29, 1.82) is 0 Å². The maximum absolute atomic E-state index is 10.8. The lowest BCUT2D eigenvalue weighted by Gasteiger charge is -2.20. The quantitative estimate of drug-likeness (QED) is 0.601. The lowest BCUT2D eigenvalue weighted by Crippen LogP contribution is -2.40. The molecular weight excluding hydrogens is 324 g/mol. The van der Waals surface area contributed by atoms with Crippen LogP contribution in [-0.4, -0.2) is 27.5 Å². The summed E-state index contributed by atoms with van der Waals surface area (Å²) in [7, 11) is 1.86. The van der Waals surface area contributed by atoms with Crippen LogP contribution in [0.2, 0.25) is 0 Å². The van der Waals surface area contributed by atoms with E-state index in [0.717, 1.165) is 16.1 Å². The fraction of sp³-hybridized carbons (Fsp3) is 0.0588. The Kier molecular flexibility index (Phi) is 3.82. The number of fused-ring (bicyclic) bond motifs is 2. The Labute approximate surface area is 142 Å². The van der Waals surface area contributed by atoms with E-state index in [9.17, 15) is 15.2 Å². The molecule has 0 saturated carbocycles. The first-order valence-electron chi connectivity index (χ1n) is 7.35. The number of benzene rings is 2. The molecule has 0 aliphatic carbocycles. The first-order chi connectivity index (χ1) is 11.6. The van der Waals surface area contributed by atoms with E-state index >= 15 is 0 Å². The van der Waals surface area contributed by atoms with Gasteiger partial charge in [-0.15, -0.1) is 0 Å². The molecule has 0 spiro atoms. The molecule has 0 amide bonds. The van der Waals surface area contributed by atoms with E-state index in [4.69, 9.17) is 0 Å². The Bertz CT molecular complexity index is 998. The Morgan fingerprint density at radius 3 is 2.48 bits per heavy atom. The second-order valence-corrected chi connectivity index (χ2v) is 5.60. The number of nitrogens with one attached hydrogen (secondary N) is 1. The van der Waals surface area contributed by atoms with Crippen molar-refractivity contribution in [2.45, 2.75) is 0 Å². The van der Waals surface area contributed by atoms with Gasteiger partial charge in [0.15, 0.2) is 0 Å². The number of nitro groups is 1. The van der Waals surface area contributed by atoms with Crippen LogP contribution in [-0.2, 0) is 0 Å². The number of nitrogens with zero attached hydrogens (tertiary/aromatic N) is 3. The number of aliphatic hydroxyl groups is 1. The summed E-state index contributed by atoms with van der Waals surface area (Å²) in [5, 5.41) is 25.0. The molecule has 2 aliphatic heterocycles. The number of aliphatic hydroxyl groups excluding tert-OH is 1. The van der Waals surface area contributed by atoms with Crippen LogP contribution in [0.3, 0.4) is 0 Å². The average Bonchev–Trinajstić information content (AvgIpc) is 2.93. The highest BCUT2D eigenvalue weighted by atomic mass is 16.6. The highest BCUT2D eigenvalue weighted by Crippen LogP contribution is 2.31. The molecule has 0 bridgehead atoms. The van der Waals surface area contributed by atoms with Crippen molar-refractivity contribution < 1.29 is 15.5 Å². The molecule has 8 nitrogen and oxygen atoms in total. The second-order valence-electron chi connectivity index (χ2n) is 5.60. The van der Waals surface area contributed by atoms with Crippen molar-refractivity contribution in [3.8, 4) is 0 Å². The topological polar surface area (TPSA) is 113 Å². The molecule has 2 heterocycles. The van der Waals surface area contributed by atoms with Gasteiger partial charge in [0.2, 0.25) is 5.88 Å². The molecular formula is C17H16N4O4. The number of non-ortho nitro benzene ring substituents is 1. The van der Waals surface area contributed by atoms with Gasteiger partial charge >= 0.3 is 0 Å². The molecule has 4 rings (SSSR count). The molecule has 0 saturated heterocycles. The summed E-state index contributed by atoms with van der Waals surface area (Å²) >= 11 is 0. The molecule has 4 N–H and O–H groups in total. The average molecular weight is 340 g/mol. The molecule has 0 fully saturated rings. The normalized spacial score (nSPS) is 15.0. The fourth-order valence-electron chi connectivity index (χ4n) is 2.98. The van der Waals surface area contributed by atoms with Crippen LogP contribution in [0.25, 0.3) is 11.9 Å². The van der Waals surface area contributed by atoms with Crippen molar-refractivity contribution in [3.05, 3.63) is 80.7 Å². The summed E-state index contributed by atoms with van der Waals surface area (Å²) in [6.45, 7) is 0. The third-order valence-electron chi connectivity index (χ3n) is 4.12. The molecule has 0 aromatic heterocycles. The minimum absolute atomic E-state index is 0. The maximum Gasteiger partial charge on any atom is 0.269 e. The number of hydrogen-bond acceptors (Lipinski definition) is 6. The number of rotatable bonds is 2. The van der Waals surface area contributed by atoms with Crippen LogP contribution in [0.15, 0.2) is 60.1 Å². The van der Waals surface area contributed by atoms with Gasteiger partial charge in [-0.25, -0.2) is 5.01 Å². The van der Waals surface area contributed by atoms with E-state index < -0.39 is 4.92 Å². The van der Waals surface area contributed by atoms with Gasteiger partial charge in [-0.2, -0.15) is 0 Å². The van der Waals surface area contributed by atoms with E-state index in [1.165, 1.54) is 17.1 Å². The molecule has 0 unspecified atom stereocenters. The molecule has 0 radical (unpaired) electrons. The minimum atomic E-state index is -0.451. The van der Waals surface area contributed by atoms with Gasteiger partial charge in [0.25, 0.3) is 5.69 Å². The Morgan fingerprint density at radius 1 is 1.12 bits per heavy atom. The van der Waals surface area contributed by atoms with Crippen LogP contribution in [0.5, 0.6) is 0 Å². The molecule has 2 aliphatic rings. The van der Waals surface area contributed by atoms with Crippen LogP contribution in [0.4, 0.5) is 11.4 Å². The largest absolute Gasteiger partial charge is 0.492 e. The highest BCUT2D eigenvalue weighted by Gasteiger charge is 2.32. The van der Waals surface area contributed by atoms with E-state index in [-0.39, 0.29) is 17.0 Å². The van der Waals surface area contributed by atoms with Crippen LogP contribution >= 0.6 is 0 Å². The SMILES string of the molecule is CN1C=c2ccccc2=C2NN(c3ccc([N+](=O)[O-])cc3)C(O)=C21.O. The second kappa shape index (κ2) is 5.84. The van der Waals surface area contributed by atoms with E-state index in [2.05, 4.69) is 5.43 Å². The van der Waals surface area contributed by atoms with Crippen molar-refractivity contribution in [3.63, 3.8) is 0 Å². The predicted molar refractivity (Wildman–Crippen MR) is 93.3 cm³/mol. The smallest absolute Gasteiger partial charge is 0.269 e. The maximum atomic E-state index is 10.8. The molecule has 8 heteroatoms. The number of hydrogen-bond donors (Lipinski definition) is 2. The summed E-state index contributed by atoms with van der Waals surface area (Å²) in [5.74, 6) is 0.0482. The summed E-state index contributed by atoms with van der Waals surface area (Å²) in [5.41, 5.74) is 5.26. The zero-order valence-corrected chi connectivity index (χ0v) is 13.3. The lowest BCUT2D eigenvalue weighted by molar-refractivity contribution is -0.384. The number of likely N-dealkylation sites (N-methyl/N-ethyl adjacent to an activating group) is 1. The number of hydrazine groups is 1. The van der Waals surface area contributed by atoms with Crippen LogP contribution in [0, 0.1) is 10.1 Å². The van der Waals surface area contributed by atoms with Gasteiger partial charge in [0, 0.05) is 35.8 Å². The van der Waals surface area contributed by atoms with Gasteiger partial charge in [-0.1, -0.05) is 24.3 Å². The van der Waals surface area contributed by atoms with Crippen molar-refractivity contribution >= 4 is 23.3 Å². The van der Waals surface area contributed by atoms with E-state index in [1.807, 2.05) is 42.4 Å². The van der Waals surface area contributed by atoms with Gasteiger partial charge in [-0.3, -0.25) is 15.5 Å². The van der Waals surface area contributed by atoms with Gasteiger partial charge in [-0.05, 0) is 12.1 Å². The summed E-state index contributed by atoms with van der Waals surface area (Å²) in [6.07, 6.45) is 1.95. The standard InChI is InChI=1S/C17H14N4O3.H2O/c1-19-10-11-4-2-3-5-14(11)15-16(19)17(22)20(18-15)12-6-8-13(9-7-12)21(23)24;/h2-10,18,22H,1H3;1H2. The fourth-order valence-corrected chi connectivity index (χ4v) is 2.98. The number of nitro benzene ring substituents is 1. The third kappa shape index (κ3) is 2.45. The van der Waals surface area contributed by atoms with Gasteiger partial charge in [0.05, 0.1) is 16.3 Å². The summed E-state index contributed by atoms with van der Waals surface area (Å²) in [6, 6.07) is 13.9. The van der Waals surface area contributed by atoms with Crippen molar-refractivity contribution in [1.82, 2.24) is 10.3 Å². The van der Waals surface area contributed by atoms with Gasteiger partial charge < -0.3 is 15.5 Å². The highest BCUT2D eigenvalue weighted by molar-refractivity contribution is 5.75. The van der Waals surface area contributed by atoms with Crippen LogP contribution in [0.1, 0.15) is 0 Å². The molecule has 2 aromatic rings. The first kappa shape index (κ1) is 16.3. The van der Waals surface area contributed by atoms with Crippen LogP contribution < -0.4 is 20.9 Å².